The van der Waals surface area contributed by atoms with E-state index in [1.807, 2.05) is 0 Å². The van der Waals surface area contributed by atoms with Gasteiger partial charge in [0.25, 0.3) is 0 Å². The van der Waals surface area contributed by atoms with E-state index in [0.717, 1.165) is 0 Å². The predicted molar refractivity (Wildman–Crippen MR) is 35.9 cm³/mol. The van der Waals surface area contributed by atoms with Gasteiger partial charge in [0.15, 0.2) is 0 Å². The Morgan fingerprint density at radius 3 is 0.929 bits per heavy atom. The first-order valence-electron chi connectivity index (χ1n) is 1.50. The standard InChI is InChI=1S/2K.2Na.H2O8S2.2H/c;;;;1-9(2,3)7-8-10(4,5)6;;/h;;;;(H,1,2,3)(H,4,5,6);;/q2*+1;;;;;/p-2. The van der Waals surface area contributed by atoms with Crippen LogP contribution in [0.15, 0.2) is 0 Å². The Bertz CT molecular complexity index is 259. The zero-order chi connectivity index (χ0) is 8.41. The van der Waals surface area contributed by atoms with E-state index >= 15 is 0 Å². The van der Waals surface area contributed by atoms with Crippen LogP contribution in [0.5, 0.6) is 0 Å². The Morgan fingerprint density at radius 2 is 0.857 bits per heavy atom. The van der Waals surface area contributed by atoms with Crippen molar-refractivity contribution in [1.82, 2.24) is 0 Å². The van der Waals surface area contributed by atoms with Crippen molar-refractivity contribution in [2.75, 3.05) is 0 Å². The summed E-state index contributed by atoms with van der Waals surface area (Å²) >= 11 is 0. The third kappa shape index (κ3) is 30.2. The molecule has 0 aliphatic rings. The summed E-state index contributed by atoms with van der Waals surface area (Å²) in [7, 11) is -10.6. The topological polar surface area (TPSA) is 133 Å². The third-order valence-corrected chi connectivity index (χ3v) is 0.750. The van der Waals surface area contributed by atoms with Crippen LogP contribution in [-0.4, -0.2) is 85.1 Å². The van der Waals surface area contributed by atoms with Crippen LogP contribution in [0.1, 0.15) is 0 Å². The average Bonchev–Trinajstić information content (AvgIpc) is 1.57. The van der Waals surface area contributed by atoms with Crippen molar-refractivity contribution in [3.63, 3.8) is 0 Å². The fourth-order valence-electron chi connectivity index (χ4n) is 0.0680. The monoisotopic (exact) mass is 318 g/mol. The fourth-order valence-corrected chi connectivity index (χ4v) is 0.612. The van der Waals surface area contributed by atoms with E-state index in [-0.39, 0.29) is 162 Å². The first-order chi connectivity index (χ1) is 4.21. The quantitative estimate of drug-likeness (QED) is 0.165. The van der Waals surface area contributed by atoms with Gasteiger partial charge < -0.3 is 9.11 Å². The van der Waals surface area contributed by atoms with E-state index in [9.17, 15) is 25.9 Å². The molecule has 0 fully saturated rings. The third-order valence-electron chi connectivity index (χ3n) is 0.194. The van der Waals surface area contributed by atoms with Crippen molar-refractivity contribution < 1.29 is 137 Å². The summed E-state index contributed by atoms with van der Waals surface area (Å²) in [5.74, 6) is 0. The van der Waals surface area contributed by atoms with Gasteiger partial charge in [-0.2, -0.15) is 0 Å². The maximum atomic E-state index is 9.37. The molecular formula is H2K2Na2O8S2. The molecule has 0 heterocycles. The van der Waals surface area contributed by atoms with Gasteiger partial charge in [-0.1, -0.05) is 0 Å². The van der Waals surface area contributed by atoms with E-state index in [4.69, 9.17) is 0 Å². The van der Waals surface area contributed by atoms with Crippen molar-refractivity contribution >= 4 is 79.9 Å². The van der Waals surface area contributed by atoms with E-state index in [2.05, 4.69) is 8.67 Å². The SMILES string of the molecule is O=S(=O)([O-])OOS(=O)(=O)[O-].[K+].[K+].[NaH].[NaH]. The molecule has 0 saturated heterocycles. The Balaban J connectivity index is -0.0000000675. The van der Waals surface area contributed by atoms with Crippen LogP contribution in [0, 0.1) is 0 Å². The van der Waals surface area contributed by atoms with Crippen molar-refractivity contribution in [3.8, 4) is 0 Å². The molecule has 0 N–H and O–H groups in total. The average molecular weight is 318 g/mol. The zero-order valence-corrected chi connectivity index (χ0v) is 14.0. The van der Waals surface area contributed by atoms with Gasteiger partial charge in [-0.3, -0.25) is 0 Å². The molecule has 0 amide bonds. The van der Waals surface area contributed by atoms with Crippen molar-refractivity contribution in [2.45, 2.75) is 0 Å². The Labute approximate surface area is 211 Å². The van der Waals surface area contributed by atoms with E-state index < -0.39 is 20.8 Å². The van der Waals surface area contributed by atoms with Crippen LogP contribution in [0.4, 0.5) is 0 Å². The summed E-state index contributed by atoms with van der Waals surface area (Å²) in [6.07, 6.45) is 0. The fraction of sp³-hybridized carbons (Fsp3) is 0. The van der Waals surface area contributed by atoms with Crippen molar-refractivity contribution in [3.05, 3.63) is 0 Å². The molecule has 0 saturated carbocycles. The molecule has 0 aromatic heterocycles. The maximum absolute atomic E-state index is 9.37. The molecule has 0 atom stereocenters. The molecule has 0 aromatic rings. The molecule has 14 heteroatoms. The molecule has 0 aliphatic heterocycles. The first-order valence-corrected chi connectivity index (χ1v) is 4.17. The predicted octanol–water partition coefficient (Wildman–Crippen LogP) is -9.43. The molecule has 0 unspecified atom stereocenters. The van der Waals surface area contributed by atoms with Crippen LogP contribution >= 0.6 is 0 Å². The molecule has 66 valence electrons. The van der Waals surface area contributed by atoms with Gasteiger partial charge in [-0.15, -0.1) is 8.67 Å². The van der Waals surface area contributed by atoms with Gasteiger partial charge in [0, 0.05) is 0 Å². The Morgan fingerprint density at radius 1 is 0.714 bits per heavy atom. The molecule has 0 radical (unpaired) electrons. The van der Waals surface area contributed by atoms with Crippen LogP contribution in [0.25, 0.3) is 0 Å². The first kappa shape index (κ1) is 31.4. The van der Waals surface area contributed by atoms with E-state index in [1.165, 1.54) is 0 Å². The van der Waals surface area contributed by atoms with Gasteiger partial charge in [0.05, 0.1) is 0 Å². The van der Waals surface area contributed by atoms with Crippen LogP contribution in [0.2, 0.25) is 0 Å². The van der Waals surface area contributed by atoms with E-state index in [0.29, 0.717) is 0 Å². The molecule has 0 rings (SSSR count). The van der Waals surface area contributed by atoms with Gasteiger partial charge in [0.1, 0.15) is 0 Å². The van der Waals surface area contributed by atoms with Crippen LogP contribution < -0.4 is 103 Å². The minimum atomic E-state index is -5.31. The second-order valence-corrected chi connectivity index (χ2v) is 2.86. The van der Waals surface area contributed by atoms with E-state index in [1.54, 1.807) is 0 Å². The molecule has 0 bridgehead atoms. The molecule has 0 aromatic carbocycles. The van der Waals surface area contributed by atoms with Gasteiger partial charge in [-0.05, 0) is 0 Å². The molecule has 0 spiro atoms. The van der Waals surface area contributed by atoms with Crippen LogP contribution in [0.3, 0.4) is 0 Å². The van der Waals surface area contributed by atoms with Crippen molar-refractivity contribution in [1.29, 1.82) is 0 Å². The number of rotatable bonds is 3. The molecule has 0 aliphatic carbocycles. The van der Waals surface area contributed by atoms with Crippen LogP contribution in [-0.2, 0) is 29.5 Å². The summed E-state index contributed by atoms with van der Waals surface area (Å²) in [5.41, 5.74) is 0. The Kier molecular flexibility index (Phi) is 32.4. The molecule has 14 heavy (non-hydrogen) atoms. The number of hydrogen-bond donors (Lipinski definition) is 0. The van der Waals surface area contributed by atoms with Gasteiger partial charge in [0.2, 0.25) is 20.8 Å². The second kappa shape index (κ2) is 14.4. The summed E-state index contributed by atoms with van der Waals surface area (Å²) in [6.45, 7) is 0. The summed E-state index contributed by atoms with van der Waals surface area (Å²) in [6, 6.07) is 0. The summed E-state index contributed by atoms with van der Waals surface area (Å²) in [5, 5.41) is 0. The summed E-state index contributed by atoms with van der Waals surface area (Å²) in [4.78, 5) is 0. The van der Waals surface area contributed by atoms with Crippen molar-refractivity contribution in [2.24, 2.45) is 0 Å². The normalized spacial score (nSPS) is 9.57. The van der Waals surface area contributed by atoms with Gasteiger partial charge in [-0.25, -0.2) is 16.8 Å². The Hall–Kier alpha value is 5.01. The van der Waals surface area contributed by atoms with Gasteiger partial charge >= 0.3 is 162 Å². The summed E-state index contributed by atoms with van der Waals surface area (Å²) < 4.78 is 61.5. The molecule has 8 nitrogen and oxygen atoms in total. The minimum absolute atomic E-state index is 0. The second-order valence-electron chi connectivity index (χ2n) is 0.953. The number of hydrogen-bond acceptors (Lipinski definition) is 8. The zero-order valence-electron chi connectivity index (χ0n) is 6.08. The molecular weight excluding hydrogens is 316 g/mol.